The van der Waals surface area contributed by atoms with E-state index in [-0.39, 0.29) is 17.8 Å². The van der Waals surface area contributed by atoms with Crippen molar-refractivity contribution < 1.29 is 19.4 Å². The summed E-state index contributed by atoms with van der Waals surface area (Å²) in [6.07, 6.45) is -0.667. The Morgan fingerprint density at radius 1 is 1.29 bits per heavy atom. The molecule has 0 aliphatic heterocycles. The predicted molar refractivity (Wildman–Crippen MR) is 64.8 cm³/mol. The van der Waals surface area contributed by atoms with Crippen molar-refractivity contribution in [3.63, 3.8) is 0 Å². The molecule has 17 heavy (non-hydrogen) atoms. The molecule has 0 spiro atoms. The zero-order valence-electron chi connectivity index (χ0n) is 11.2. The molecule has 0 fully saturated rings. The lowest BCUT2D eigenvalue weighted by Crippen LogP contribution is -2.45. The molecular weight excluding hydrogens is 222 g/mol. The van der Waals surface area contributed by atoms with Crippen LogP contribution in [-0.2, 0) is 9.53 Å². The van der Waals surface area contributed by atoms with Crippen LogP contribution in [0.1, 0.15) is 41.0 Å². The monoisotopic (exact) mass is 245 g/mol. The van der Waals surface area contributed by atoms with Crippen LogP contribution in [0.3, 0.4) is 0 Å². The molecule has 5 nitrogen and oxygen atoms in total. The van der Waals surface area contributed by atoms with Crippen molar-refractivity contribution in [1.29, 1.82) is 0 Å². The number of nitrogens with one attached hydrogen (secondary N) is 1. The van der Waals surface area contributed by atoms with E-state index in [0.717, 1.165) is 0 Å². The number of carbonyl (C=O) groups excluding carboxylic acids is 1. The number of hydrogen-bond donors (Lipinski definition) is 2. The highest BCUT2D eigenvalue weighted by Gasteiger charge is 2.28. The molecule has 0 heterocycles. The highest BCUT2D eigenvalue weighted by molar-refractivity contribution is 5.71. The minimum atomic E-state index is -0.936. The molecule has 0 aliphatic rings. The molecule has 5 heteroatoms. The van der Waals surface area contributed by atoms with Crippen LogP contribution in [0.4, 0.5) is 4.79 Å². The molecule has 1 atom stereocenters. The Hall–Kier alpha value is -1.26. The Bertz CT molecular complexity index is 268. The number of alkyl carbamates (subject to hydrolysis) is 1. The van der Waals surface area contributed by atoms with Gasteiger partial charge in [0, 0.05) is 6.04 Å². The maximum absolute atomic E-state index is 11.5. The van der Waals surface area contributed by atoms with E-state index in [1.165, 1.54) is 0 Å². The van der Waals surface area contributed by atoms with E-state index in [2.05, 4.69) is 5.32 Å². The van der Waals surface area contributed by atoms with Gasteiger partial charge in [-0.15, -0.1) is 0 Å². The third-order valence-corrected chi connectivity index (χ3v) is 2.26. The summed E-state index contributed by atoms with van der Waals surface area (Å²) in [6.45, 7) is 9.84. The highest BCUT2D eigenvalue weighted by Crippen LogP contribution is 2.21. The van der Waals surface area contributed by atoms with E-state index in [1.807, 2.05) is 34.6 Å². The number of ether oxygens (including phenoxy) is 1. The number of hydrogen-bond acceptors (Lipinski definition) is 3. The first kappa shape index (κ1) is 15.7. The molecule has 2 N–H and O–H groups in total. The van der Waals surface area contributed by atoms with E-state index in [1.54, 1.807) is 0 Å². The van der Waals surface area contributed by atoms with E-state index >= 15 is 0 Å². The average Bonchev–Trinajstić information content (AvgIpc) is 2.11. The van der Waals surface area contributed by atoms with Crippen molar-refractivity contribution in [3.8, 4) is 0 Å². The van der Waals surface area contributed by atoms with Gasteiger partial charge in [0.15, 0.2) is 0 Å². The Morgan fingerprint density at radius 2 is 1.82 bits per heavy atom. The molecule has 0 rings (SSSR count). The van der Waals surface area contributed by atoms with Gasteiger partial charge in [-0.3, -0.25) is 4.79 Å². The van der Waals surface area contributed by atoms with Crippen molar-refractivity contribution in [2.24, 2.45) is 11.3 Å². The molecule has 100 valence electrons. The van der Waals surface area contributed by atoms with Gasteiger partial charge in [0.05, 0.1) is 13.0 Å². The fourth-order valence-electron chi connectivity index (χ4n) is 1.17. The number of carboxylic acids is 1. The highest BCUT2D eigenvalue weighted by atomic mass is 16.5. The first-order chi connectivity index (χ1) is 7.62. The van der Waals surface area contributed by atoms with Crippen LogP contribution in [0.15, 0.2) is 0 Å². The van der Waals surface area contributed by atoms with Gasteiger partial charge < -0.3 is 15.2 Å². The fourth-order valence-corrected chi connectivity index (χ4v) is 1.17. The average molecular weight is 245 g/mol. The van der Waals surface area contributed by atoms with Gasteiger partial charge in [0.25, 0.3) is 0 Å². The predicted octanol–water partition coefficient (Wildman–Crippen LogP) is 2.26. The topological polar surface area (TPSA) is 75.6 Å². The summed E-state index contributed by atoms with van der Waals surface area (Å²) in [5, 5.41) is 11.4. The summed E-state index contributed by atoms with van der Waals surface area (Å²) in [4.78, 5) is 22.2. The largest absolute Gasteiger partial charge is 0.481 e. The third kappa shape index (κ3) is 7.60. The van der Waals surface area contributed by atoms with Crippen LogP contribution in [0.25, 0.3) is 0 Å². The number of carboxylic acid groups (broad SMARTS) is 1. The van der Waals surface area contributed by atoms with Crippen molar-refractivity contribution in [1.82, 2.24) is 5.32 Å². The van der Waals surface area contributed by atoms with Crippen LogP contribution in [0, 0.1) is 11.3 Å². The molecule has 0 aliphatic carbocycles. The second-order valence-corrected chi connectivity index (χ2v) is 5.65. The van der Waals surface area contributed by atoms with E-state index in [0.29, 0.717) is 6.61 Å². The van der Waals surface area contributed by atoms with Gasteiger partial charge in [-0.05, 0) is 11.3 Å². The molecule has 0 aromatic rings. The van der Waals surface area contributed by atoms with Gasteiger partial charge in [0.1, 0.15) is 0 Å². The van der Waals surface area contributed by atoms with Crippen molar-refractivity contribution in [2.45, 2.75) is 47.1 Å². The van der Waals surface area contributed by atoms with Gasteiger partial charge in [-0.25, -0.2) is 4.79 Å². The van der Waals surface area contributed by atoms with E-state index in [9.17, 15) is 9.59 Å². The minimum Gasteiger partial charge on any atom is -0.481 e. The standard InChI is InChI=1S/C12H23NO4/c1-8(2)7-17-11(16)13-9(6-10(14)15)12(3,4)5/h8-9H,6-7H2,1-5H3,(H,13,16)(H,14,15). The lowest BCUT2D eigenvalue weighted by molar-refractivity contribution is -0.138. The second-order valence-electron chi connectivity index (χ2n) is 5.65. The molecule has 0 saturated heterocycles. The van der Waals surface area contributed by atoms with E-state index in [4.69, 9.17) is 9.84 Å². The SMILES string of the molecule is CC(C)COC(=O)NC(CC(=O)O)C(C)(C)C. The molecule has 1 unspecified atom stereocenters. The summed E-state index contributed by atoms with van der Waals surface area (Å²) in [6, 6.07) is -0.445. The quantitative estimate of drug-likeness (QED) is 0.779. The first-order valence-corrected chi connectivity index (χ1v) is 5.78. The molecule has 0 radical (unpaired) electrons. The summed E-state index contributed by atoms with van der Waals surface area (Å²) in [5.41, 5.74) is -0.324. The Balaban J connectivity index is 4.34. The van der Waals surface area contributed by atoms with Gasteiger partial charge >= 0.3 is 12.1 Å². The van der Waals surface area contributed by atoms with Crippen molar-refractivity contribution in [2.75, 3.05) is 6.61 Å². The Morgan fingerprint density at radius 3 is 2.18 bits per heavy atom. The van der Waals surface area contributed by atoms with Crippen LogP contribution in [0.5, 0.6) is 0 Å². The fraction of sp³-hybridized carbons (Fsp3) is 0.833. The van der Waals surface area contributed by atoms with Crippen LogP contribution < -0.4 is 5.32 Å². The smallest absolute Gasteiger partial charge is 0.407 e. The zero-order valence-corrected chi connectivity index (χ0v) is 11.2. The maximum atomic E-state index is 11.5. The summed E-state index contributed by atoms with van der Waals surface area (Å²) in [5.74, 6) is -0.678. The Kier molecular flexibility index (Phi) is 5.99. The van der Waals surface area contributed by atoms with Gasteiger partial charge in [-0.1, -0.05) is 34.6 Å². The first-order valence-electron chi connectivity index (χ1n) is 5.78. The van der Waals surface area contributed by atoms with Crippen LogP contribution >= 0.6 is 0 Å². The second kappa shape index (κ2) is 6.47. The normalized spacial score (nSPS) is 13.3. The van der Waals surface area contributed by atoms with Crippen LogP contribution in [0.2, 0.25) is 0 Å². The molecular formula is C12H23NO4. The van der Waals surface area contributed by atoms with Gasteiger partial charge in [0.2, 0.25) is 0 Å². The van der Waals surface area contributed by atoms with Crippen LogP contribution in [-0.4, -0.2) is 29.8 Å². The molecule has 1 amide bonds. The summed E-state index contributed by atoms with van der Waals surface area (Å²) < 4.78 is 4.97. The maximum Gasteiger partial charge on any atom is 0.407 e. The van der Waals surface area contributed by atoms with Gasteiger partial charge in [-0.2, -0.15) is 0 Å². The van der Waals surface area contributed by atoms with Crippen molar-refractivity contribution >= 4 is 12.1 Å². The third-order valence-electron chi connectivity index (χ3n) is 2.26. The lowest BCUT2D eigenvalue weighted by atomic mass is 9.85. The molecule has 0 aromatic carbocycles. The molecule has 0 aromatic heterocycles. The molecule has 0 bridgehead atoms. The minimum absolute atomic E-state index is 0.111. The Labute approximate surface area is 103 Å². The number of rotatable bonds is 5. The zero-order chi connectivity index (χ0) is 13.6. The lowest BCUT2D eigenvalue weighted by Gasteiger charge is -2.30. The van der Waals surface area contributed by atoms with E-state index < -0.39 is 18.1 Å². The van der Waals surface area contributed by atoms with Crippen molar-refractivity contribution in [3.05, 3.63) is 0 Å². The number of amides is 1. The molecule has 0 saturated carbocycles. The summed E-state index contributed by atoms with van der Waals surface area (Å²) >= 11 is 0. The number of aliphatic carboxylic acids is 1. The number of carbonyl (C=O) groups is 2. The summed E-state index contributed by atoms with van der Waals surface area (Å²) in [7, 11) is 0.